The van der Waals surface area contributed by atoms with Crippen LogP contribution in [0.3, 0.4) is 0 Å². The number of aromatic nitrogens is 4. The summed E-state index contributed by atoms with van der Waals surface area (Å²) in [5, 5.41) is -0.190. The van der Waals surface area contributed by atoms with Crippen LogP contribution in [0, 0.1) is 0 Å². The summed E-state index contributed by atoms with van der Waals surface area (Å²) in [6, 6.07) is 7.54. The van der Waals surface area contributed by atoms with Gasteiger partial charge in [-0.3, -0.25) is 0 Å². The molecule has 0 fully saturated rings. The van der Waals surface area contributed by atoms with E-state index in [1.165, 1.54) is 12.4 Å². The van der Waals surface area contributed by atoms with Crippen LogP contribution in [-0.2, 0) is 16.4 Å². The molecule has 8 heteroatoms. The van der Waals surface area contributed by atoms with Gasteiger partial charge in [-0.05, 0) is 29.8 Å². The van der Waals surface area contributed by atoms with Crippen molar-refractivity contribution in [1.82, 2.24) is 19.9 Å². The average molecular weight is 360 g/mol. The molecule has 3 aromatic rings. The quantitative estimate of drug-likeness (QED) is 0.703. The number of rotatable bonds is 5. The number of hydrogen-bond acceptors (Lipinski definition) is 6. The van der Waals surface area contributed by atoms with E-state index in [0.717, 1.165) is 17.5 Å². The summed E-state index contributed by atoms with van der Waals surface area (Å²) in [6.07, 6.45) is 7.33. The highest BCUT2D eigenvalue weighted by molar-refractivity contribution is 7.90. The minimum absolute atomic E-state index is 0.190. The van der Waals surface area contributed by atoms with E-state index in [9.17, 15) is 8.42 Å². The first-order valence-corrected chi connectivity index (χ1v) is 9.64. The predicted molar refractivity (Wildman–Crippen MR) is 94.8 cm³/mol. The Morgan fingerprint density at radius 3 is 2.20 bits per heavy atom. The standard InChI is InChI=1S/C15H14N4O3S.C2H6/c1-23(20,21)15-17-6-11(7-18-15)9-22-13-4-2-12(3-5-13)14-8-16-10-19-14;1-2/h2-8,10H,9H2,1H3,(H,16,19);1-2H3. The second-order valence-electron chi connectivity index (χ2n) is 4.92. The highest BCUT2D eigenvalue weighted by Crippen LogP contribution is 2.20. The number of H-pyrrole nitrogens is 1. The molecule has 0 atom stereocenters. The van der Waals surface area contributed by atoms with E-state index in [1.54, 1.807) is 12.5 Å². The number of sulfone groups is 1. The van der Waals surface area contributed by atoms with Gasteiger partial charge in [0.15, 0.2) is 0 Å². The fraction of sp³-hybridized carbons (Fsp3) is 0.235. The van der Waals surface area contributed by atoms with E-state index in [4.69, 9.17) is 4.74 Å². The lowest BCUT2D eigenvalue weighted by atomic mass is 10.2. The van der Waals surface area contributed by atoms with Crippen LogP contribution in [0.4, 0.5) is 0 Å². The molecule has 25 heavy (non-hydrogen) atoms. The van der Waals surface area contributed by atoms with Gasteiger partial charge < -0.3 is 9.72 Å². The van der Waals surface area contributed by atoms with Crippen molar-refractivity contribution in [3.63, 3.8) is 0 Å². The van der Waals surface area contributed by atoms with E-state index in [1.807, 2.05) is 38.1 Å². The van der Waals surface area contributed by atoms with Gasteiger partial charge in [0.25, 0.3) is 0 Å². The molecule has 0 unspecified atom stereocenters. The number of ether oxygens (including phenoxy) is 1. The van der Waals surface area contributed by atoms with Crippen LogP contribution in [0.1, 0.15) is 19.4 Å². The lowest BCUT2D eigenvalue weighted by Crippen LogP contribution is -2.05. The zero-order valence-electron chi connectivity index (χ0n) is 14.3. The highest BCUT2D eigenvalue weighted by atomic mass is 32.2. The van der Waals surface area contributed by atoms with Crippen molar-refractivity contribution < 1.29 is 13.2 Å². The maximum atomic E-state index is 11.3. The Bertz CT molecular complexity index is 875. The largest absolute Gasteiger partial charge is 0.489 e. The van der Waals surface area contributed by atoms with Crippen molar-refractivity contribution in [3.05, 3.63) is 54.7 Å². The van der Waals surface area contributed by atoms with Gasteiger partial charge in [-0.15, -0.1) is 0 Å². The summed E-state index contributed by atoms with van der Waals surface area (Å²) in [5.74, 6) is 0.695. The third-order valence-electron chi connectivity index (χ3n) is 3.08. The van der Waals surface area contributed by atoms with Crippen molar-refractivity contribution in [2.45, 2.75) is 25.6 Å². The van der Waals surface area contributed by atoms with Gasteiger partial charge in [0.1, 0.15) is 12.4 Å². The molecule has 0 saturated carbocycles. The van der Waals surface area contributed by atoms with E-state index in [0.29, 0.717) is 11.3 Å². The fourth-order valence-corrected chi connectivity index (χ4v) is 2.41. The lowest BCUT2D eigenvalue weighted by molar-refractivity contribution is 0.305. The Hall–Kier alpha value is -2.74. The number of nitrogens with one attached hydrogen (secondary N) is 1. The van der Waals surface area contributed by atoms with Gasteiger partial charge in [0.05, 0.1) is 18.2 Å². The molecule has 3 rings (SSSR count). The molecular formula is C17H20N4O3S. The maximum absolute atomic E-state index is 11.3. The van der Waals surface area contributed by atoms with Crippen LogP contribution < -0.4 is 4.74 Å². The fourth-order valence-electron chi connectivity index (χ4n) is 1.92. The minimum atomic E-state index is -3.38. The first-order chi connectivity index (χ1) is 12.0. The van der Waals surface area contributed by atoms with Gasteiger partial charge >= 0.3 is 0 Å². The van der Waals surface area contributed by atoms with Crippen molar-refractivity contribution in [1.29, 1.82) is 0 Å². The highest BCUT2D eigenvalue weighted by Gasteiger charge is 2.10. The lowest BCUT2D eigenvalue weighted by Gasteiger charge is -2.07. The number of imidazole rings is 1. The van der Waals surface area contributed by atoms with Crippen molar-refractivity contribution in [3.8, 4) is 17.0 Å². The summed E-state index contributed by atoms with van der Waals surface area (Å²) in [5.41, 5.74) is 2.63. The maximum Gasteiger partial charge on any atom is 0.246 e. The monoisotopic (exact) mass is 360 g/mol. The molecule has 7 nitrogen and oxygen atoms in total. The SMILES string of the molecule is CC.CS(=O)(=O)c1ncc(COc2ccc(-c3cnc[nH]3)cc2)cn1. The minimum Gasteiger partial charge on any atom is -0.489 e. The molecule has 0 spiro atoms. The molecule has 0 saturated heterocycles. The van der Waals surface area contributed by atoms with E-state index in [-0.39, 0.29) is 11.8 Å². The molecule has 2 heterocycles. The van der Waals surface area contributed by atoms with Crippen molar-refractivity contribution >= 4 is 9.84 Å². The third kappa shape index (κ3) is 5.12. The molecular weight excluding hydrogens is 340 g/mol. The summed E-state index contributed by atoms with van der Waals surface area (Å²) in [6.45, 7) is 4.26. The molecule has 0 radical (unpaired) electrons. The van der Waals surface area contributed by atoms with Crippen LogP contribution in [-0.4, -0.2) is 34.6 Å². The van der Waals surface area contributed by atoms with Crippen molar-refractivity contribution in [2.75, 3.05) is 6.26 Å². The summed E-state index contributed by atoms with van der Waals surface area (Å²) >= 11 is 0. The Morgan fingerprint density at radius 2 is 1.68 bits per heavy atom. The molecule has 0 bridgehead atoms. The van der Waals surface area contributed by atoms with Gasteiger partial charge in [0.2, 0.25) is 15.0 Å². The van der Waals surface area contributed by atoms with Gasteiger partial charge in [-0.25, -0.2) is 23.4 Å². The number of benzene rings is 1. The summed E-state index contributed by atoms with van der Waals surface area (Å²) in [7, 11) is -3.38. The molecule has 0 aliphatic carbocycles. The zero-order chi connectivity index (χ0) is 18.3. The first kappa shape index (κ1) is 18.6. The van der Waals surface area contributed by atoms with E-state index < -0.39 is 9.84 Å². The topological polar surface area (TPSA) is 97.8 Å². The Morgan fingerprint density at radius 1 is 1.04 bits per heavy atom. The van der Waals surface area contributed by atoms with E-state index >= 15 is 0 Å². The normalized spacial score (nSPS) is 10.7. The molecule has 1 aromatic carbocycles. The first-order valence-electron chi connectivity index (χ1n) is 7.75. The van der Waals surface area contributed by atoms with Gasteiger partial charge in [-0.1, -0.05) is 13.8 Å². The van der Waals surface area contributed by atoms with Crippen molar-refractivity contribution in [2.24, 2.45) is 0 Å². The molecule has 0 amide bonds. The van der Waals surface area contributed by atoms with Crippen LogP contribution in [0.5, 0.6) is 5.75 Å². The Kier molecular flexibility index (Phi) is 6.24. The third-order valence-corrected chi connectivity index (χ3v) is 3.96. The van der Waals surface area contributed by atoms with Crippen LogP contribution in [0.2, 0.25) is 0 Å². The zero-order valence-corrected chi connectivity index (χ0v) is 15.1. The molecule has 132 valence electrons. The Balaban J connectivity index is 0.00000109. The van der Waals surface area contributed by atoms with Crippen LogP contribution >= 0.6 is 0 Å². The molecule has 0 aliphatic heterocycles. The molecule has 0 aliphatic rings. The van der Waals surface area contributed by atoms with Gasteiger partial charge in [0, 0.05) is 24.2 Å². The average Bonchev–Trinajstić information content (AvgIpc) is 3.16. The van der Waals surface area contributed by atoms with Crippen LogP contribution in [0.25, 0.3) is 11.3 Å². The summed E-state index contributed by atoms with van der Waals surface area (Å²) in [4.78, 5) is 14.6. The number of nitrogens with zero attached hydrogens (tertiary/aromatic N) is 3. The smallest absolute Gasteiger partial charge is 0.246 e. The van der Waals surface area contributed by atoms with Crippen LogP contribution in [0.15, 0.2) is 54.3 Å². The summed E-state index contributed by atoms with van der Waals surface area (Å²) < 4.78 is 28.2. The number of aromatic amines is 1. The molecule has 1 N–H and O–H groups in total. The number of hydrogen-bond donors (Lipinski definition) is 1. The Labute approximate surface area is 147 Å². The molecule has 2 aromatic heterocycles. The predicted octanol–water partition coefficient (Wildman–Crippen LogP) is 2.88. The second-order valence-corrected chi connectivity index (χ2v) is 6.83. The van der Waals surface area contributed by atoms with Gasteiger partial charge in [-0.2, -0.15) is 0 Å². The van der Waals surface area contributed by atoms with E-state index in [2.05, 4.69) is 19.9 Å². The second kappa shape index (κ2) is 8.39.